The van der Waals surface area contributed by atoms with E-state index in [0.717, 1.165) is 34.4 Å². The summed E-state index contributed by atoms with van der Waals surface area (Å²) in [5.74, 6) is 0.646. The van der Waals surface area contributed by atoms with Crippen molar-refractivity contribution in [3.63, 3.8) is 0 Å². The van der Waals surface area contributed by atoms with Crippen molar-refractivity contribution < 1.29 is 9.63 Å². The number of nitrogens with zero attached hydrogens (tertiary/aromatic N) is 1. The topological polar surface area (TPSA) is 67.0 Å². The minimum Gasteiger partial charge on any atom is -0.342 e. The molecule has 0 aliphatic heterocycles. The van der Waals surface area contributed by atoms with E-state index in [9.17, 15) is 4.79 Å². The Kier molecular flexibility index (Phi) is 4.49. The number of benzene rings is 2. The third-order valence-corrected chi connectivity index (χ3v) is 3.42. The number of rotatable bonds is 5. The number of carbonyl (C=O) groups excluding carboxylic acids is 1. The Morgan fingerprint density at radius 3 is 2.74 bits per heavy atom. The van der Waals surface area contributed by atoms with Gasteiger partial charge in [-0.2, -0.15) is 0 Å². The van der Waals surface area contributed by atoms with Crippen LogP contribution in [0.25, 0.3) is 17.1 Å². The Bertz CT molecular complexity index is 802. The highest BCUT2D eigenvalue weighted by Gasteiger charge is 2.03. The van der Waals surface area contributed by atoms with Gasteiger partial charge < -0.3 is 4.98 Å². The summed E-state index contributed by atoms with van der Waals surface area (Å²) in [6.07, 6.45) is 3.90. The molecule has 0 radical (unpaired) electrons. The van der Waals surface area contributed by atoms with Gasteiger partial charge in [0.2, 0.25) is 0 Å². The highest BCUT2D eigenvalue weighted by molar-refractivity contribution is 5.90. The van der Waals surface area contributed by atoms with Gasteiger partial charge in [0.25, 0.3) is 5.91 Å². The zero-order valence-corrected chi connectivity index (χ0v) is 12.7. The molecule has 1 aromatic heterocycles. The van der Waals surface area contributed by atoms with Crippen molar-refractivity contribution in [2.75, 3.05) is 7.11 Å². The minimum absolute atomic E-state index is 0.293. The molecule has 1 amide bonds. The summed E-state index contributed by atoms with van der Waals surface area (Å²) in [6, 6.07) is 16.0. The normalized spacial score (nSPS) is 11.2. The maximum atomic E-state index is 11.3. The second kappa shape index (κ2) is 6.89. The third kappa shape index (κ3) is 3.84. The number of carbonyl (C=O) groups is 1. The number of H-pyrrole nitrogens is 1. The number of hydroxylamine groups is 1. The number of hydrogen-bond donors (Lipinski definition) is 2. The van der Waals surface area contributed by atoms with E-state index in [0.29, 0.717) is 0 Å². The first kappa shape index (κ1) is 15.0. The maximum absolute atomic E-state index is 11.3. The van der Waals surface area contributed by atoms with Gasteiger partial charge in [-0.1, -0.05) is 36.4 Å². The van der Waals surface area contributed by atoms with Crippen LogP contribution in [0.3, 0.4) is 0 Å². The van der Waals surface area contributed by atoms with E-state index in [1.807, 2.05) is 48.5 Å². The van der Waals surface area contributed by atoms with Gasteiger partial charge in [-0.15, -0.1) is 0 Å². The van der Waals surface area contributed by atoms with E-state index in [1.54, 1.807) is 6.08 Å². The Morgan fingerprint density at radius 2 is 2.00 bits per heavy atom. The second-order valence-corrected chi connectivity index (χ2v) is 5.12. The van der Waals surface area contributed by atoms with Crippen molar-refractivity contribution in [3.8, 4) is 0 Å². The molecule has 1 heterocycles. The highest BCUT2D eigenvalue weighted by Crippen LogP contribution is 2.14. The lowest BCUT2D eigenvalue weighted by Crippen LogP contribution is -2.18. The number of hydrogen-bond acceptors (Lipinski definition) is 3. The van der Waals surface area contributed by atoms with E-state index < -0.39 is 0 Å². The fourth-order valence-electron chi connectivity index (χ4n) is 2.34. The van der Waals surface area contributed by atoms with Crippen LogP contribution >= 0.6 is 0 Å². The van der Waals surface area contributed by atoms with Gasteiger partial charge in [0, 0.05) is 12.5 Å². The summed E-state index contributed by atoms with van der Waals surface area (Å²) in [5.41, 5.74) is 6.36. The molecule has 0 saturated heterocycles. The summed E-state index contributed by atoms with van der Waals surface area (Å²) in [6.45, 7) is 0. The van der Waals surface area contributed by atoms with Crippen LogP contribution in [0.2, 0.25) is 0 Å². The van der Waals surface area contributed by atoms with Crippen molar-refractivity contribution >= 4 is 23.0 Å². The Labute approximate surface area is 134 Å². The first-order valence-electron chi connectivity index (χ1n) is 7.28. The van der Waals surface area contributed by atoms with Crippen LogP contribution in [-0.4, -0.2) is 23.0 Å². The molecule has 0 aliphatic carbocycles. The van der Waals surface area contributed by atoms with Crippen LogP contribution in [0.15, 0.2) is 54.6 Å². The molecule has 5 nitrogen and oxygen atoms in total. The number of imidazole rings is 1. The largest absolute Gasteiger partial charge is 0.342 e. The van der Waals surface area contributed by atoms with Gasteiger partial charge in [-0.25, -0.2) is 10.5 Å². The molecule has 3 aromatic rings. The van der Waals surface area contributed by atoms with E-state index in [-0.39, 0.29) is 5.91 Å². The predicted molar refractivity (Wildman–Crippen MR) is 89.5 cm³/mol. The molecule has 5 heteroatoms. The average Bonchev–Trinajstić information content (AvgIpc) is 2.97. The molecule has 0 unspecified atom stereocenters. The van der Waals surface area contributed by atoms with Crippen molar-refractivity contribution in [3.05, 3.63) is 71.6 Å². The molecule has 0 atom stereocenters. The van der Waals surface area contributed by atoms with Crippen molar-refractivity contribution in [2.24, 2.45) is 0 Å². The Balaban J connectivity index is 1.68. The maximum Gasteiger partial charge on any atom is 0.267 e. The SMILES string of the molecule is CONC(=O)/C=C/c1ccc(Cc2nc3ccccc3[nH]2)cc1. The van der Waals surface area contributed by atoms with E-state index >= 15 is 0 Å². The summed E-state index contributed by atoms with van der Waals surface area (Å²) < 4.78 is 0. The summed E-state index contributed by atoms with van der Waals surface area (Å²) >= 11 is 0. The number of aromatic nitrogens is 2. The predicted octanol–water partition coefficient (Wildman–Crippen LogP) is 2.84. The smallest absolute Gasteiger partial charge is 0.267 e. The fraction of sp³-hybridized carbons (Fsp3) is 0.111. The standard InChI is InChI=1S/C18H17N3O2/c1-23-21-18(22)11-10-13-6-8-14(9-7-13)12-17-19-15-4-2-3-5-16(15)20-17/h2-11H,12H2,1H3,(H,19,20)(H,21,22)/b11-10+. The van der Waals surface area contributed by atoms with Crippen LogP contribution in [0.1, 0.15) is 17.0 Å². The Hall–Kier alpha value is -2.92. The molecule has 0 fully saturated rings. The molecule has 23 heavy (non-hydrogen) atoms. The third-order valence-electron chi connectivity index (χ3n) is 3.42. The van der Waals surface area contributed by atoms with Crippen LogP contribution < -0.4 is 5.48 Å². The van der Waals surface area contributed by atoms with Crippen molar-refractivity contribution in [2.45, 2.75) is 6.42 Å². The fourth-order valence-corrected chi connectivity index (χ4v) is 2.34. The molecule has 116 valence electrons. The van der Waals surface area contributed by atoms with Crippen LogP contribution in [-0.2, 0) is 16.1 Å². The molecule has 2 aromatic carbocycles. The van der Waals surface area contributed by atoms with Crippen molar-refractivity contribution in [1.82, 2.24) is 15.4 Å². The van der Waals surface area contributed by atoms with Gasteiger partial charge in [0.05, 0.1) is 18.1 Å². The van der Waals surface area contributed by atoms with Crippen LogP contribution in [0, 0.1) is 0 Å². The van der Waals surface area contributed by atoms with Gasteiger partial charge in [-0.05, 0) is 29.3 Å². The lowest BCUT2D eigenvalue weighted by atomic mass is 10.1. The molecular formula is C18H17N3O2. The Morgan fingerprint density at radius 1 is 1.22 bits per heavy atom. The summed E-state index contributed by atoms with van der Waals surface area (Å²) in [7, 11) is 1.40. The molecule has 0 aliphatic rings. The first-order chi connectivity index (χ1) is 11.2. The molecule has 0 spiro atoms. The molecule has 3 rings (SSSR count). The first-order valence-corrected chi connectivity index (χ1v) is 7.28. The number of amides is 1. The second-order valence-electron chi connectivity index (χ2n) is 5.12. The van der Waals surface area contributed by atoms with E-state index in [4.69, 9.17) is 0 Å². The molecular weight excluding hydrogens is 290 g/mol. The zero-order valence-electron chi connectivity index (χ0n) is 12.7. The number of aromatic amines is 1. The number of para-hydroxylation sites is 2. The number of nitrogens with one attached hydrogen (secondary N) is 2. The van der Waals surface area contributed by atoms with Gasteiger partial charge in [-0.3, -0.25) is 9.63 Å². The lowest BCUT2D eigenvalue weighted by molar-refractivity contribution is -0.126. The van der Waals surface area contributed by atoms with Crippen LogP contribution in [0.4, 0.5) is 0 Å². The molecule has 2 N–H and O–H groups in total. The van der Waals surface area contributed by atoms with E-state index in [2.05, 4.69) is 20.3 Å². The van der Waals surface area contributed by atoms with E-state index in [1.165, 1.54) is 13.2 Å². The van der Waals surface area contributed by atoms with Gasteiger partial charge in [0.1, 0.15) is 5.82 Å². The van der Waals surface area contributed by atoms with Gasteiger partial charge >= 0.3 is 0 Å². The van der Waals surface area contributed by atoms with Gasteiger partial charge in [0.15, 0.2) is 0 Å². The summed E-state index contributed by atoms with van der Waals surface area (Å²) in [5, 5.41) is 0. The zero-order chi connectivity index (χ0) is 16.1. The average molecular weight is 307 g/mol. The quantitative estimate of drug-likeness (QED) is 0.562. The van der Waals surface area contributed by atoms with Crippen molar-refractivity contribution in [1.29, 1.82) is 0 Å². The molecule has 0 saturated carbocycles. The molecule has 0 bridgehead atoms. The minimum atomic E-state index is -0.293. The highest BCUT2D eigenvalue weighted by atomic mass is 16.6. The monoisotopic (exact) mass is 307 g/mol. The summed E-state index contributed by atoms with van der Waals surface area (Å²) in [4.78, 5) is 23.7. The number of fused-ring (bicyclic) bond motifs is 1. The van der Waals surface area contributed by atoms with Crippen LogP contribution in [0.5, 0.6) is 0 Å². The lowest BCUT2D eigenvalue weighted by Gasteiger charge is -2.00.